The molecule has 1 aliphatic rings. The predicted molar refractivity (Wildman–Crippen MR) is 72.7 cm³/mol. The van der Waals surface area contributed by atoms with Gasteiger partial charge in [0.15, 0.2) is 11.5 Å². The highest BCUT2D eigenvalue weighted by Gasteiger charge is 2.15. The van der Waals surface area contributed by atoms with Crippen molar-refractivity contribution in [3.05, 3.63) is 23.8 Å². The molecule has 0 fully saturated rings. The SMILES string of the molecule is CCCNC(=O)NC(C)c1ccc2c(c1)OCCO2. The van der Waals surface area contributed by atoms with Crippen molar-refractivity contribution in [3.8, 4) is 11.5 Å². The Labute approximate surface area is 113 Å². The van der Waals surface area contributed by atoms with Crippen LogP contribution in [0.5, 0.6) is 11.5 Å². The first-order valence-electron chi connectivity index (χ1n) is 6.64. The van der Waals surface area contributed by atoms with E-state index in [-0.39, 0.29) is 12.1 Å². The second-order valence-corrected chi connectivity index (χ2v) is 4.53. The molecule has 1 atom stereocenters. The topological polar surface area (TPSA) is 59.6 Å². The van der Waals surface area contributed by atoms with E-state index in [1.807, 2.05) is 32.0 Å². The zero-order chi connectivity index (χ0) is 13.7. The Morgan fingerprint density at radius 2 is 2.05 bits per heavy atom. The van der Waals surface area contributed by atoms with Crippen molar-refractivity contribution < 1.29 is 14.3 Å². The van der Waals surface area contributed by atoms with Gasteiger partial charge >= 0.3 is 6.03 Å². The van der Waals surface area contributed by atoms with E-state index in [1.54, 1.807) is 0 Å². The van der Waals surface area contributed by atoms with Gasteiger partial charge < -0.3 is 20.1 Å². The van der Waals surface area contributed by atoms with Crippen LogP contribution in [-0.4, -0.2) is 25.8 Å². The third-order valence-corrected chi connectivity index (χ3v) is 2.95. The zero-order valence-corrected chi connectivity index (χ0v) is 11.4. The van der Waals surface area contributed by atoms with Crippen LogP contribution in [0.2, 0.25) is 0 Å². The minimum absolute atomic E-state index is 0.0762. The van der Waals surface area contributed by atoms with Crippen molar-refractivity contribution in [3.63, 3.8) is 0 Å². The molecular formula is C14H20N2O3. The number of hydrogen-bond donors (Lipinski definition) is 2. The quantitative estimate of drug-likeness (QED) is 0.876. The Balaban J connectivity index is 1.99. The van der Waals surface area contributed by atoms with Crippen LogP contribution in [0.1, 0.15) is 31.9 Å². The number of hydrogen-bond acceptors (Lipinski definition) is 3. The highest BCUT2D eigenvalue weighted by atomic mass is 16.6. The Morgan fingerprint density at radius 1 is 1.32 bits per heavy atom. The van der Waals surface area contributed by atoms with E-state index in [0.717, 1.165) is 23.5 Å². The van der Waals surface area contributed by atoms with Gasteiger partial charge in [0, 0.05) is 6.54 Å². The number of urea groups is 1. The molecule has 2 N–H and O–H groups in total. The van der Waals surface area contributed by atoms with Crippen LogP contribution >= 0.6 is 0 Å². The van der Waals surface area contributed by atoms with Gasteiger partial charge in [-0.15, -0.1) is 0 Å². The Bertz CT molecular complexity index is 448. The smallest absolute Gasteiger partial charge is 0.315 e. The fourth-order valence-electron chi connectivity index (χ4n) is 1.90. The van der Waals surface area contributed by atoms with Crippen LogP contribution < -0.4 is 20.1 Å². The number of benzene rings is 1. The minimum atomic E-state index is -0.149. The molecule has 0 aliphatic carbocycles. The second kappa shape index (κ2) is 6.31. The standard InChI is InChI=1S/C14H20N2O3/c1-3-6-15-14(17)16-10(2)11-4-5-12-13(9-11)19-8-7-18-12/h4-5,9-10H,3,6-8H2,1-2H3,(H2,15,16,17). The van der Waals surface area contributed by atoms with Crippen molar-refractivity contribution in [2.24, 2.45) is 0 Å². The molecule has 104 valence electrons. The third kappa shape index (κ3) is 3.53. The van der Waals surface area contributed by atoms with Crippen molar-refractivity contribution in [1.29, 1.82) is 0 Å². The normalized spacial score (nSPS) is 14.6. The summed E-state index contributed by atoms with van der Waals surface area (Å²) in [5, 5.41) is 5.68. The first kappa shape index (κ1) is 13.5. The Morgan fingerprint density at radius 3 is 2.79 bits per heavy atom. The van der Waals surface area contributed by atoms with Gasteiger partial charge in [-0.2, -0.15) is 0 Å². The Kier molecular flexibility index (Phi) is 4.49. The summed E-state index contributed by atoms with van der Waals surface area (Å²) in [4.78, 5) is 11.6. The molecule has 0 spiro atoms. The van der Waals surface area contributed by atoms with Gasteiger partial charge in [0.05, 0.1) is 6.04 Å². The molecule has 5 nitrogen and oxygen atoms in total. The molecule has 5 heteroatoms. The molecule has 1 aliphatic heterocycles. The van der Waals surface area contributed by atoms with Crippen molar-refractivity contribution in [2.75, 3.05) is 19.8 Å². The molecule has 0 aromatic heterocycles. The fourth-order valence-corrected chi connectivity index (χ4v) is 1.90. The first-order valence-corrected chi connectivity index (χ1v) is 6.64. The summed E-state index contributed by atoms with van der Waals surface area (Å²) in [7, 11) is 0. The van der Waals surface area contributed by atoms with E-state index in [2.05, 4.69) is 10.6 Å². The predicted octanol–water partition coefficient (Wildman–Crippen LogP) is 2.23. The molecule has 0 radical (unpaired) electrons. The largest absolute Gasteiger partial charge is 0.486 e. The third-order valence-electron chi connectivity index (χ3n) is 2.95. The number of nitrogens with one attached hydrogen (secondary N) is 2. The lowest BCUT2D eigenvalue weighted by atomic mass is 10.1. The van der Waals surface area contributed by atoms with Gasteiger partial charge in [0.1, 0.15) is 13.2 Å². The summed E-state index contributed by atoms with van der Waals surface area (Å²) in [5.74, 6) is 1.50. The van der Waals surface area contributed by atoms with E-state index in [9.17, 15) is 4.79 Å². The summed E-state index contributed by atoms with van der Waals surface area (Å²) in [6, 6.07) is 5.51. The monoisotopic (exact) mass is 264 g/mol. The summed E-state index contributed by atoms with van der Waals surface area (Å²) in [5.41, 5.74) is 0.996. The first-order chi connectivity index (χ1) is 9.20. The number of ether oxygens (including phenoxy) is 2. The summed E-state index contributed by atoms with van der Waals surface area (Å²) < 4.78 is 11.0. The summed E-state index contributed by atoms with van der Waals surface area (Å²) in [6.45, 7) is 5.79. The number of amides is 2. The van der Waals surface area contributed by atoms with Crippen molar-refractivity contribution in [2.45, 2.75) is 26.3 Å². The van der Waals surface area contributed by atoms with Crippen LogP contribution in [0.15, 0.2) is 18.2 Å². The highest BCUT2D eigenvalue weighted by Crippen LogP contribution is 2.32. The van der Waals surface area contributed by atoms with Crippen LogP contribution in [0, 0.1) is 0 Å². The zero-order valence-electron chi connectivity index (χ0n) is 11.4. The van der Waals surface area contributed by atoms with E-state index in [1.165, 1.54) is 0 Å². The average molecular weight is 264 g/mol. The lowest BCUT2D eigenvalue weighted by molar-refractivity contribution is 0.171. The van der Waals surface area contributed by atoms with Gasteiger partial charge in [-0.25, -0.2) is 4.79 Å². The molecule has 1 aromatic rings. The fraction of sp³-hybridized carbons (Fsp3) is 0.500. The van der Waals surface area contributed by atoms with Crippen LogP contribution in [0.4, 0.5) is 4.79 Å². The molecule has 19 heavy (non-hydrogen) atoms. The average Bonchev–Trinajstić information content (AvgIpc) is 2.44. The van der Waals surface area contributed by atoms with E-state index >= 15 is 0 Å². The molecule has 0 saturated heterocycles. The van der Waals surface area contributed by atoms with Crippen molar-refractivity contribution >= 4 is 6.03 Å². The number of fused-ring (bicyclic) bond motifs is 1. The van der Waals surface area contributed by atoms with E-state index in [4.69, 9.17) is 9.47 Å². The molecule has 1 aromatic carbocycles. The van der Waals surface area contributed by atoms with Gasteiger partial charge in [-0.05, 0) is 31.0 Å². The molecule has 0 saturated carbocycles. The van der Waals surface area contributed by atoms with E-state index < -0.39 is 0 Å². The maximum atomic E-state index is 11.6. The number of carbonyl (C=O) groups excluding carboxylic acids is 1. The lowest BCUT2D eigenvalue weighted by Gasteiger charge is -2.21. The minimum Gasteiger partial charge on any atom is -0.486 e. The van der Waals surface area contributed by atoms with Crippen LogP contribution in [-0.2, 0) is 0 Å². The maximum Gasteiger partial charge on any atom is 0.315 e. The lowest BCUT2D eigenvalue weighted by Crippen LogP contribution is -2.37. The summed E-state index contributed by atoms with van der Waals surface area (Å²) in [6.07, 6.45) is 0.922. The Hall–Kier alpha value is -1.91. The number of rotatable bonds is 4. The molecule has 0 bridgehead atoms. The summed E-state index contributed by atoms with van der Waals surface area (Å²) >= 11 is 0. The van der Waals surface area contributed by atoms with Gasteiger partial charge in [-0.3, -0.25) is 0 Å². The van der Waals surface area contributed by atoms with Gasteiger partial charge in [0.2, 0.25) is 0 Å². The van der Waals surface area contributed by atoms with Gasteiger partial charge in [-0.1, -0.05) is 13.0 Å². The van der Waals surface area contributed by atoms with Crippen molar-refractivity contribution in [1.82, 2.24) is 10.6 Å². The number of carbonyl (C=O) groups is 1. The molecule has 2 amide bonds. The van der Waals surface area contributed by atoms with E-state index in [0.29, 0.717) is 19.8 Å². The maximum absolute atomic E-state index is 11.6. The van der Waals surface area contributed by atoms with Crippen LogP contribution in [0.25, 0.3) is 0 Å². The highest BCUT2D eigenvalue weighted by molar-refractivity contribution is 5.74. The second-order valence-electron chi connectivity index (χ2n) is 4.53. The molecule has 1 heterocycles. The van der Waals surface area contributed by atoms with Gasteiger partial charge in [0.25, 0.3) is 0 Å². The van der Waals surface area contributed by atoms with Crippen LogP contribution in [0.3, 0.4) is 0 Å². The molecular weight excluding hydrogens is 244 g/mol. The molecule has 2 rings (SSSR count). The molecule has 1 unspecified atom stereocenters.